The number of carbonyl (C=O) groups excluding carboxylic acids is 1. The molecule has 146 valence electrons. The number of amides is 1. The van der Waals surface area contributed by atoms with Gasteiger partial charge in [0.25, 0.3) is 0 Å². The molecule has 3 N–H and O–H groups in total. The summed E-state index contributed by atoms with van der Waals surface area (Å²) in [6.45, 7) is 1.83. The van der Waals surface area contributed by atoms with Gasteiger partial charge in [0, 0.05) is 41.8 Å². The van der Waals surface area contributed by atoms with E-state index >= 15 is 0 Å². The van der Waals surface area contributed by atoms with E-state index in [-0.39, 0.29) is 23.8 Å². The van der Waals surface area contributed by atoms with Crippen LogP contribution in [-0.2, 0) is 4.79 Å². The Hall–Kier alpha value is -3.03. The number of pyridine rings is 1. The van der Waals surface area contributed by atoms with E-state index in [2.05, 4.69) is 30.6 Å². The van der Waals surface area contributed by atoms with Crippen LogP contribution in [0.5, 0.6) is 0 Å². The van der Waals surface area contributed by atoms with E-state index in [1.54, 1.807) is 12.4 Å². The van der Waals surface area contributed by atoms with Crippen LogP contribution in [0.25, 0.3) is 22.4 Å². The normalized spacial score (nSPS) is 19.5. The summed E-state index contributed by atoms with van der Waals surface area (Å²) >= 11 is 0. The molecule has 1 aliphatic carbocycles. The highest BCUT2D eigenvalue weighted by Crippen LogP contribution is 2.27. The lowest BCUT2D eigenvalue weighted by molar-refractivity contribution is -0.121. The number of hydrogen-bond donors (Lipinski definition) is 3. The Kier molecular flexibility index (Phi) is 5.18. The van der Waals surface area contributed by atoms with Crippen molar-refractivity contribution < 1.29 is 9.18 Å². The summed E-state index contributed by atoms with van der Waals surface area (Å²) in [7, 11) is 0. The van der Waals surface area contributed by atoms with Crippen LogP contribution in [0.4, 0.5) is 10.2 Å². The molecule has 1 unspecified atom stereocenters. The Morgan fingerprint density at radius 1 is 1.29 bits per heavy atom. The van der Waals surface area contributed by atoms with Gasteiger partial charge in [-0.05, 0) is 25.0 Å². The highest BCUT2D eigenvalue weighted by Gasteiger charge is 2.27. The topological polar surface area (TPSA) is 95.6 Å². The van der Waals surface area contributed by atoms with Gasteiger partial charge in [0.1, 0.15) is 5.65 Å². The summed E-state index contributed by atoms with van der Waals surface area (Å²) in [5.41, 5.74) is 1.50. The van der Waals surface area contributed by atoms with Gasteiger partial charge in [0.15, 0.2) is 17.5 Å². The summed E-state index contributed by atoms with van der Waals surface area (Å²) in [6, 6.07) is 3.67. The SMILES string of the molecule is CCC(=O)NC1CCCC[C@H]1Nc1nc(-c2c[nH]c3ncccc23)ncc1F. The van der Waals surface area contributed by atoms with Gasteiger partial charge in [0.05, 0.1) is 6.20 Å². The summed E-state index contributed by atoms with van der Waals surface area (Å²) in [5, 5.41) is 7.14. The van der Waals surface area contributed by atoms with Gasteiger partial charge in [-0.2, -0.15) is 0 Å². The predicted molar refractivity (Wildman–Crippen MR) is 105 cm³/mol. The zero-order valence-corrected chi connectivity index (χ0v) is 15.7. The predicted octanol–water partition coefficient (Wildman–Crippen LogP) is 3.41. The molecule has 3 heterocycles. The van der Waals surface area contributed by atoms with E-state index in [1.165, 1.54) is 6.20 Å². The fourth-order valence-electron chi connectivity index (χ4n) is 3.70. The van der Waals surface area contributed by atoms with Crippen LogP contribution in [0.15, 0.2) is 30.7 Å². The van der Waals surface area contributed by atoms with Gasteiger partial charge >= 0.3 is 0 Å². The van der Waals surface area contributed by atoms with Crippen LogP contribution in [0.1, 0.15) is 39.0 Å². The number of H-pyrrole nitrogens is 1. The fraction of sp³-hybridized carbons (Fsp3) is 0.400. The Bertz CT molecular complexity index is 988. The van der Waals surface area contributed by atoms with Gasteiger partial charge in [-0.15, -0.1) is 0 Å². The third kappa shape index (κ3) is 3.67. The van der Waals surface area contributed by atoms with Gasteiger partial charge in [-0.3, -0.25) is 4.79 Å². The van der Waals surface area contributed by atoms with E-state index < -0.39 is 5.82 Å². The number of anilines is 1. The number of hydrogen-bond acceptors (Lipinski definition) is 5. The number of fused-ring (bicyclic) bond motifs is 1. The smallest absolute Gasteiger partial charge is 0.220 e. The van der Waals surface area contributed by atoms with Crippen molar-refractivity contribution in [2.45, 2.75) is 51.1 Å². The molecule has 28 heavy (non-hydrogen) atoms. The van der Waals surface area contributed by atoms with Crippen molar-refractivity contribution in [3.8, 4) is 11.4 Å². The minimum Gasteiger partial charge on any atom is -0.363 e. The van der Waals surface area contributed by atoms with Crippen LogP contribution >= 0.6 is 0 Å². The quantitative estimate of drug-likeness (QED) is 0.628. The third-order valence-electron chi connectivity index (χ3n) is 5.19. The van der Waals surface area contributed by atoms with Crippen molar-refractivity contribution in [2.75, 3.05) is 5.32 Å². The number of nitrogens with one attached hydrogen (secondary N) is 3. The van der Waals surface area contributed by atoms with Crippen LogP contribution in [0, 0.1) is 5.82 Å². The van der Waals surface area contributed by atoms with Crippen molar-refractivity contribution in [1.82, 2.24) is 25.3 Å². The van der Waals surface area contributed by atoms with E-state index in [9.17, 15) is 9.18 Å². The van der Waals surface area contributed by atoms with Crippen LogP contribution in [0.2, 0.25) is 0 Å². The molecule has 0 radical (unpaired) electrons. The number of halogens is 1. The van der Waals surface area contributed by atoms with E-state index in [0.29, 0.717) is 12.2 Å². The maximum absolute atomic E-state index is 14.4. The first-order valence-corrected chi connectivity index (χ1v) is 9.66. The zero-order chi connectivity index (χ0) is 19.5. The van der Waals surface area contributed by atoms with E-state index in [0.717, 1.165) is 42.3 Å². The molecular formula is C20H23FN6O. The molecule has 0 bridgehead atoms. The summed E-state index contributed by atoms with van der Waals surface area (Å²) in [4.78, 5) is 27.8. The molecule has 3 aromatic heterocycles. The van der Waals surface area contributed by atoms with Gasteiger partial charge in [0.2, 0.25) is 5.91 Å². The average Bonchev–Trinajstić information content (AvgIpc) is 3.15. The van der Waals surface area contributed by atoms with Gasteiger partial charge in [-0.25, -0.2) is 19.3 Å². The zero-order valence-electron chi connectivity index (χ0n) is 15.7. The number of carbonyl (C=O) groups is 1. The summed E-state index contributed by atoms with van der Waals surface area (Å²) in [6.07, 6.45) is 8.90. The molecule has 3 aromatic rings. The van der Waals surface area contributed by atoms with Crippen molar-refractivity contribution in [1.29, 1.82) is 0 Å². The third-order valence-corrected chi connectivity index (χ3v) is 5.19. The minimum absolute atomic E-state index is 0.00819. The molecule has 0 aromatic carbocycles. The minimum atomic E-state index is -0.507. The number of aromatic nitrogens is 4. The molecule has 8 heteroatoms. The van der Waals surface area contributed by atoms with E-state index in [1.807, 2.05) is 19.1 Å². The first kappa shape index (κ1) is 18.3. The second kappa shape index (κ2) is 7.92. The largest absolute Gasteiger partial charge is 0.363 e. The molecule has 2 atom stereocenters. The second-order valence-corrected chi connectivity index (χ2v) is 7.05. The molecule has 1 aliphatic rings. The molecule has 1 amide bonds. The fourth-order valence-corrected chi connectivity index (χ4v) is 3.70. The molecule has 0 spiro atoms. The Labute approximate surface area is 162 Å². The van der Waals surface area contributed by atoms with Crippen LogP contribution in [-0.4, -0.2) is 37.9 Å². The van der Waals surface area contributed by atoms with Crippen LogP contribution in [0.3, 0.4) is 0 Å². The van der Waals surface area contributed by atoms with Crippen molar-refractivity contribution in [2.24, 2.45) is 0 Å². The summed E-state index contributed by atoms with van der Waals surface area (Å²) in [5.74, 6) is 0.0840. The standard InChI is InChI=1S/C20H23FN6O/c1-2-17(28)25-15-7-3-4-8-16(15)26-20-14(21)11-24-19(27-20)13-10-23-18-12(13)6-5-9-22-18/h5-6,9-11,15-16H,2-4,7-8H2,1H3,(H,22,23)(H,25,28)(H,24,26,27)/t15?,16-/m1/s1. The Morgan fingerprint density at radius 2 is 2.11 bits per heavy atom. The van der Waals surface area contributed by atoms with E-state index in [4.69, 9.17) is 0 Å². The summed E-state index contributed by atoms with van der Waals surface area (Å²) < 4.78 is 14.4. The van der Waals surface area contributed by atoms with Crippen molar-refractivity contribution in [3.63, 3.8) is 0 Å². The Morgan fingerprint density at radius 3 is 2.93 bits per heavy atom. The number of aromatic amines is 1. The highest BCUT2D eigenvalue weighted by molar-refractivity contribution is 5.91. The molecule has 0 aliphatic heterocycles. The maximum Gasteiger partial charge on any atom is 0.220 e. The molecule has 1 saturated carbocycles. The maximum atomic E-state index is 14.4. The first-order chi connectivity index (χ1) is 13.7. The monoisotopic (exact) mass is 382 g/mol. The average molecular weight is 382 g/mol. The van der Waals surface area contributed by atoms with Crippen molar-refractivity contribution in [3.05, 3.63) is 36.5 Å². The number of nitrogens with zero attached hydrogens (tertiary/aromatic N) is 3. The lowest BCUT2D eigenvalue weighted by Crippen LogP contribution is -2.48. The Balaban J connectivity index is 1.61. The molecule has 7 nitrogen and oxygen atoms in total. The first-order valence-electron chi connectivity index (χ1n) is 9.66. The molecule has 1 fully saturated rings. The highest BCUT2D eigenvalue weighted by atomic mass is 19.1. The molecule has 4 rings (SSSR count). The molecular weight excluding hydrogens is 359 g/mol. The van der Waals surface area contributed by atoms with Crippen LogP contribution < -0.4 is 10.6 Å². The van der Waals surface area contributed by atoms with Gasteiger partial charge < -0.3 is 15.6 Å². The second-order valence-electron chi connectivity index (χ2n) is 7.05. The number of rotatable bonds is 5. The molecule has 0 saturated heterocycles. The van der Waals surface area contributed by atoms with Crippen molar-refractivity contribution >= 4 is 22.8 Å². The van der Waals surface area contributed by atoms with Gasteiger partial charge in [-0.1, -0.05) is 19.8 Å². The lowest BCUT2D eigenvalue weighted by Gasteiger charge is -2.33. The lowest BCUT2D eigenvalue weighted by atomic mass is 9.90.